The fourth-order valence-electron chi connectivity index (χ4n) is 2.37. The zero-order valence-corrected chi connectivity index (χ0v) is 17.3. The smallest absolute Gasteiger partial charge is 0.264 e. The standard InChI is InChI=1S/C21H25N3O3S/c1-14(25)22-16-7-9-17(10-8-16)23-20(28)24-19(26)13-27-18-11-5-15(6-12-18)21(2,3)4/h5-12H,13H2,1-4H3,(H,22,25)(H2,23,24,26,28). The molecule has 7 heteroatoms. The molecule has 0 heterocycles. The van der Waals surface area contributed by atoms with E-state index in [0.717, 1.165) is 0 Å². The molecular formula is C21H25N3O3S. The Labute approximate surface area is 170 Å². The van der Waals surface area contributed by atoms with Crippen LogP contribution in [0.1, 0.15) is 33.3 Å². The Morgan fingerprint density at radius 1 is 0.929 bits per heavy atom. The second-order valence-electron chi connectivity index (χ2n) is 7.32. The minimum atomic E-state index is -0.354. The quantitative estimate of drug-likeness (QED) is 0.666. The van der Waals surface area contributed by atoms with E-state index in [9.17, 15) is 9.59 Å². The highest BCUT2D eigenvalue weighted by Crippen LogP contribution is 2.24. The molecule has 2 aromatic rings. The highest BCUT2D eigenvalue weighted by Gasteiger charge is 2.13. The van der Waals surface area contributed by atoms with Gasteiger partial charge in [0.2, 0.25) is 5.91 Å². The first-order chi connectivity index (χ1) is 13.1. The fraction of sp³-hybridized carbons (Fsp3) is 0.286. The maximum atomic E-state index is 12.0. The lowest BCUT2D eigenvalue weighted by molar-refractivity contribution is -0.121. The summed E-state index contributed by atoms with van der Waals surface area (Å²) in [7, 11) is 0. The largest absolute Gasteiger partial charge is 0.484 e. The van der Waals surface area contributed by atoms with Crippen molar-refractivity contribution >= 4 is 40.5 Å². The van der Waals surface area contributed by atoms with Crippen molar-refractivity contribution in [1.29, 1.82) is 0 Å². The normalized spacial score (nSPS) is 10.7. The molecule has 0 saturated carbocycles. The van der Waals surface area contributed by atoms with Crippen LogP contribution in [0.2, 0.25) is 0 Å². The van der Waals surface area contributed by atoms with Crippen molar-refractivity contribution < 1.29 is 14.3 Å². The number of rotatable bonds is 5. The van der Waals surface area contributed by atoms with Crippen LogP contribution in [-0.4, -0.2) is 23.5 Å². The van der Waals surface area contributed by atoms with E-state index in [1.165, 1.54) is 12.5 Å². The Balaban J connectivity index is 1.79. The minimum absolute atomic E-state index is 0.0636. The van der Waals surface area contributed by atoms with Crippen LogP contribution in [0.15, 0.2) is 48.5 Å². The number of nitrogens with one attached hydrogen (secondary N) is 3. The molecule has 2 aromatic carbocycles. The van der Waals surface area contributed by atoms with Gasteiger partial charge in [0.15, 0.2) is 11.7 Å². The van der Waals surface area contributed by atoms with E-state index >= 15 is 0 Å². The molecule has 3 N–H and O–H groups in total. The first-order valence-electron chi connectivity index (χ1n) is 8.85. The molecule has 2 rings (SSSR count). The number of anilines is 2. The van der Waals surface area contributed by atoms with Crippen molar-refractivity contribution in [1.82, 2.24) is 5.32 Å². The van der Waals surface area contributed by atoms with Crippen LogP contribution < -0.4 is 20.7 Å². The minimum Gasteiger partial charge on any atom is -0.484 e. The fourth-order valence-corrected chi connectivity index (χ4v) is 2.60. The molecule has 0 atom stereocenters. The lowest BCUT2D eigenvalue weighted by Gasteiger charge is -2.19. The third-order valence-electron chi connectivity index (χ3n) is 3.81. The number of hydrogen-bond donors (Lipinski definition) is 3. The predicted molar refractivity (Wildman–Crippen MR) is 116 cm³/mol. The number of thiocarbonyl (C=S) groups is 1. The van der Waals surface area contributed by atoms with Crippen molar-refractivity contribution in [3.8, 4) is 5.75 Å². The molecule has 0 aliphatic heterocycles. The van der Waals surface area contributed by atoms with Crippen LogP contribution in [-0.2, 0) is 15.0 Å². The Kier molecular flexibility index (Phi) is 7.12. The number of benzene rings is 2. The van der Waals surface area contributed by atoms with Crippen LogP contribution >= 0.6 is 12.2 Å². The molecule has 148 valence electrons. The van der Waals surface area contributed by atoms with Crippen LogP contribution in [0, 0.1) is 0 Å². The zero-order chi connectivity index (χ0) is 20.7. The van der Waals surface area contributed by atoms with Gasteiger partial charge in [-0.05, 0) is 59.6 Å². The lowest BCUT2D eigenvalue weighted by atomic mass is 9.87. The summed E-state index contributed by atoms with van der Waals surface area (Å²) in [5.41, 5.74) is 2.63. The summed E-state index contributed by atoms with van der Waals surface area (Å²) in [6.45, 7) is 7.71. The van der Waals surface area contributed by atoms with Crippen LogP contribution in [0.25, 0.3) is 0 Å². The number of carbonyl (C=O) groups excluding carboxylic acids is 2. The highest BCUT2D eigenvalue weighted by atomic mass is 32.1. The van der Waals surface area contributed by atoms with Crippen molar-refractivity contribution in [2.24, 2.45) is 0 Å². The summed E-state index contributed by atoms with van der Waals surface area (Å²) in [5, 5.41) is 8.32. The molecule has 0 aliphatic carbocycles. The number of hydrogen-bond acceptors (Lipinski definition) is 4. The predicted octanol–water partition coefficient (Wildman–Crippen LogP) is 3.83. The van der Waals surface area contributed by atoms with E-state index in [0.29, 0.717) is 17.1 Å². The second kappa shape index (κ2) is 9.32. The molecule has 0 aliphatic rings. The average molecular weight is 400 g/mol. The third kappa shape index (κ3) is 7.00. The van der Waals surface area contributed by atoms with Gasteiger partial charge in [-0.15, -0.1) is 0 Å². The third-order valence-corrected chi connectivity index (χ3v) is 4.01. The molecule has 28 heavy (non-hydrogen) atoms. The summed E-state index contributed by atoms with van der Waals surface area (Å²) in [6.07, 6.45) is 0. The van der Waals surface area contributed by atoms with Crippen molar-refractivity contribution in [2.45, 2.75) is 33.1 Å². The first-order valence-corrected chi connectivity index (χ1v) is 9.26. The van der Waals surface area contributed by atoms with E-state index in [1.54, 1.807) is 24.3 Å². The van der Waals surface area contributed by atoms with Gasteiger partial charge in [-0.3, -0.25) is 14.9 Å². The molecule has 0 saturated heterocycles. The van der Waals surface area contributed by atoms with Crippen LogP contribution in [0.5, 0.6) is 5.75 Å². The lowest BCUT2D eigenvalue weighted by Crippen LogP contribution is -2.37. The Morgan fingerprint density at radius 2 is 1.46 bits per heavy atom. The number of ether oxygens (including phenoxy) is 1. The Hall–Kier alpha value is -2.93. The van der Waals surface area contributed by atoms with Gasteiger partial charge < -0.3 is 15.4 Å². The highest BCUT2D eigenvalue weighted by molar-refractivity contribution is 7.80. The monoisotopic (exact) mass is 399 g/mol. The van der Waals surface area contributed by atoms with Gasteiger partial charge in [0.1, 0.15) is 5.75 Å². The van der Waals surface area contributed by atoms with Crippen molar-refractivity contribution in [3.63, 3.8) is 0 Å². The molecule has 0 bridgehead atoms. The van der Waals surface area contributed by atoms with Crippen molar-refractivity contribution in [2.75, 3.05) is 17.2 Å². The maximum Gasteiger partial charge on any atom is 0.264 e. The maximum absolute atomic E-state index is 12.0. The van der Waals surface area contributed by atoms with Gasteiger partial charge in [-0.25, -0.2) is 0 Å². The van der Waals surface area contributed by atoms with E-state index in [2.05, 4.69) is 36.7 Å². The van der Waals surface area contributed by atoms with E-state index in [4.69, 9.17) is 17.0 Å². The van der Waals surface area contributed by atoms with Crippen LogP contribution in [0.4, 0.5) is 11.4 Å². The molecule has 0 unspecified atom stereocenters. The molecular weight excluding hydrogens is 374 g/mol. The molecule has 2 amide bonds. The molecule has 6 nitrogen and oxygen atoms in total. The number of carbonyl (C=O) groups is 2. The summed E-state index contributed by atoms with van der Waals surface area (Å²) < 4.78 is 5.50. The number of amides is 2. The Bertz CT molecular complexity index is 841. The SMILES string of the molecule is CC(=O)Nc1ccc(NC(=S)NC(=O)COc2ccc(C(C)(C)C)cc2)cc1. The van der Waals surface area contributed by atoms with Gasteiger partial charge in [0.05, 0.1) is 0 Å². The molecule has 0 spiro atoms. The molecule has 0 fully saturated rings. The summed E-state index contributed by atoms with van der Waals surface area (Å²) in [5.74, 6) is 0.124. The van der Waals surface area contributed by atoms with E-state index in [1.807, 2.05) is 24.3 Å². The topological polar surface area (TPSA) is 79.5 Å². The van der Waals surface area contributed by atoms with Gasteiger partial charge in [-0.2, -0.15) is 0 Å². The molecule has 0 radical (unpaired) electrons. The van der Waals surface area contributed by atoms with E-state index in [-0.39, 0.29) is 28.9 Å². The van der Waals surface area contributed by atoms with Gasteiger partial charge >= 0.3 is 0 Å². The summed E-state index contributed by atoms with van der Waals surface area (Å²) in [6, 6.07) is 14.6. The average Bonchev–Trinajstić information content (AvgIpc) is 2.61. The van der Waals surface area contributed by atoms with Gasteiger partial charge in [0, 0.05) is 18.3 Å². The first kappa shape index (κ1) is 21.4. The Morgan fingerprint density at radius 3 is 1.96 bits per heavy atom. The zero-order valence-electron chi connectivity index (χ0n) is 16.5. The summed E-state index contributed by atoms with van der Waals surface area (Å²) >= 11 is 5.14. The van der Waals surface area contributed by atoms with E-state index < -0.39 is 0 Å². The second-order valence-corrected chi connectivity index (χ2v) is 7.73. The van der Waals surface area contributed by atoms with Gasteiger partial charge in [-0.1, -0.05) is 32.9 Å². The molecule has 0 aromatic heterocycles. The van der Waals surface area contributed by atoms with Gasteiger partial charge in [0.25, 0.3) is 5.91 Å². The van der Waals surface area contributed by atoms with Crippen LogP contribution in [0.3, 0.4) is 0 Å². The summed E-state index contributed by atoms with van der Waals surface area (Å²) in [4.78, 5) is 23.0. The van der Waals surface area contributed by atoms with Crippen molar-refractivity contribution in [3.05, 3.63) is 54.1 Å².